The van der Waals surface area contributed by atoms with Gasteiger partial charge in [0.1, 0.15) is 5.82 Å². The van der Waals surface area contributed by atoms with Gasteiger partial charge in [-0.1, -0.05) is 25.1 Å². The maximum atomic E-state index is 13.0. The second-order valence-electron chi connectivity index (χ2n) is 6.09. The van der Waals surface area contributed by atoms with E-state index in [1.807, 2.05) is 43.9 Å². The third-order valence-electron chi connectivity index (χ3n) is 3.92. The summed E-state index contributed by atoms with van der Waals surface area (Å²) in [6.07, 6.45) is 2.14. The monoisotopic (exact) mass is 314 g/mol. The Kier molecular flexibility index (Phi) is 5.85. The molecule has 0 fully saturated rings. The number of nitrogens with zero attached hydrogens (tertiary/aromatic N) is 2. The molecule has 1 amide bonds. The van der Waals surface area contributed by atoms with Crippen LogP contribution in [0.2, 0.25) is 0 Å². The van der Waals surface area contributed by atoms with E-state index in [1.54, 1.807) is 18.3 Å². The summed E-state index contributed by atoms with van der Waals surface area (Å²) in [6.45, 7) is 6.50. The highest BCUT2D eigenvalue weighted by Gasteiger charge is 2.20. The first kappa shape index (κ1) is 17.1. The molecule has 23 heavy (non-hydrogen) atoms. The van der Waals surface area contributed by atoms with Crippen molar-refractivity contribution in [2.24, 2.45) is 0 Å². The van der Waals surface area contributed by atoms with Crippen molar-refractivity contribution in [1.82, 2.24) is 9.88 Å². The Labute approximate surface area is 137 Å². The SMILES string of the molecule is CC(C)N(Cc1ccccn1)C(=O)C[C@@H](C)c1ccc(F)cc1. The molecule has 2 rings (SSSR count). The largest absolute Gasteiger partial charge is 0.334 e. The lowest BCUT2D eigenvalue weighted by molar-refractivity contribution is -0.134. The van der Waals surface area contributed by atoms with Crippen LogP contribution in [-0.4, -0.2) is 21.8 Å². The summed E-state index contributed by atoms with van der Waals surface area (Å²) in [6, 6.07) is 12.2. The molecule has 0 aliphatic carbocycles. The molecule has 0 spiro atoms. The van der Waals surface area contributed by atoms with E-state index in [9.17, 15) is 9.18 Å². The van der Waals surface area contributed by atoms with E-state index in [4.69, 9.17) is 0 Å². The lowest BCUT2D eigenvalue weighted by atomic mass is 9.97. The first-order valence-electron chi connectivity index (χ1n) is 7.92. The molecule has 1 aromatic carbocycles. The minimum absolute atomic E-state index is 0.0492. The normalized spacial score (nSPS) is 12.2. The Morgan fingerprint density at radius 3 is 2.39 bits per heavy atom. The second kappa shape index (κ2) is 7.86. The zero-order chi connectivity index (χ0) is 16.8. The van der Waals surface area contributed by atoms with E-state index in [1.165, 1.54) is 12.1 Å². The first-order chi connectivity index (χ1) is 11.0. The van der Waals surface area contributed by atoms with Gasteiger partial charge in [-0.3, -0.25) is 9.78 Å². The number of aromatic nitrogens is 1. The topological polar surface area (TPSA) is 33.2 Å². The summed E-state index contributed by atoms with van der Waals surface area (Å²) < 4.78 is 13.0. The van der Waals surface area contributed by atoms with E-state index in [-0.39, 0.29) is 23.7 Å². The molecule has 1 heterocycles. The van der Waals surface area contributed by atoms with Gasteiger partial charge in [-0.15, -0.1) is 0 Å². The summed E-state index contributed by atoms with van der Waals surface area (Å²) in [4.78, 5) is 18.8. The van der Waals surface area contributed by atoms with Crippen molar-refractivity contribution < 1.29 is 9.18 Å². The van der Waals surface area contributed by atoms with Crippen LogP contribution in [0.3, 0.4) is 0 Å². The quantitative estimate of drug-likeness (QED) is 0.802. The van der Waals surface area contributed by atoms with Crippen LogP contribution in [0.25, 0.3) is 0 Å². The number of pyridine rings is 1. The third kappa shape index (κ3) is 4.88. The minimum atomic E-state index is -0.258. The molecule has 1 aromatic heterocycles. The van der Waals surface area contributed by atoms with Crippen molar-refractivity contribution in [2.45, 2.75) is 45.7 Å². The molecule has 3 nitrogen and oxygen atoms in total. The average molecular weight is 314 g/mol. The van der Waals surface area contributed by atoms with Crippen molar-refractivity contribution in [3.05, 3.63) is 65.7 Å². The molecule has 1 atom stereocenters. The molecule has 0 aliphatic heterocycles. The number of rotatable bonds is 6. The molecule has 0 saturated heterocycles. The first-order valence-corrected chi connectivity index (χ1v) is 7.92. The Morgan fingerprint density at radius 1 is 1.13 bits per heavy atom. The van der Waals surface area contributed by atoms with Gasteiger partial charge >= 0.3 is 0 Å². The van der Waals surface area contributed by atoms with Crippen LogP contribution in [0, 0.1) is 5.82 Å². The van der Waals surface area contributed by atoms with Gasteiger partial charge in [-0.2, -0.15) is 0 Å². The number of halogens is 1. The fourth-order valence-corrected chi connectivity index (χ4v) is 2.51. The zero-order valence-corrected chi connectivity index (χ0v) is 13.9. The summed E-state index contributed by atoms with van der Waals surface area (Å²) in [5.41, 5.74) is 1.85. The Morgan fingerprint density at radius 2 is 1.83 bits per heavy atom. The van der Waals surface area contributed by atoms with Crippen molar-refractivity contribution in [2.75, 3.05) is 0 Å². The summed E-state index contributed by atoms with van der Waals surface area (Å²) in [5.74, 6) is -0.123. The standard InChI is InChI=1S/C19H23FN2O/c1-14(2)22(13-18-6-4-5-11-21-18)19(23)12-15(3)16-7-9-17(20)10-8-16/h4-11,14-15H,12-13H2,1-3H3/t15-/m1/s1. The maximum absolute atomic E-state index is 13.0. The Bertz CT molecular complexity index is 626. The molecule has 0 bridgehead atoms. The van der Waals surface area contributed by atoms with Gasteiger partial charge in [0, 0.05) is 18.7 Å². The van der Waals surface area contributed by atoms with Gasteiger partial charge in [0.15, 0.2) is 0 Å². The molecule has 0 saturated carbocycles. The molecular formula is C19H23FN2O. The van der Waals surface area contributed by atoms with Gasteiger partial charge in [0.25, 0.3) is 0 Å². The van der Waals surface area contributed by atoms with E-state index < -0.39 is 0 Å². The fourth-order valence-electron chi connectivity index (χ4n) is 2.51. The highest BCUT2D eigenvalue weighted by Crippen LogP contribution is 2.21. The van der Waals surface area contributed by atoms with Gasteiger partial charge in [-0.25, -0.2) is 4.39 Å². The highest BCUT2D eigenvalue weighted by molar-refractivity contribution is 5.77. The second-order valence-corrected chi connectivity index (χ2v) is 6.09. The Balaban J connectivity index is 2.04. The molecule has 0 N–H and O–H groups in total. The molecular weight excluding hydrogens is 291 g/mol. The van der Waals surface area contributed by atoms with Gasteiger partial charge in [0.2, 0.25) is 5.91 Å². The summed E-state index contributed by atoms with van der Waals surface area (Å²) >= 11 is 0. The van der Waals surface area contributed by atoms with E-state index >= 15 is 0 Å². The van der Waals surface area contributed by atoms with Crippen molar-refractivity contribution >= 4 is 5.91 Å². The van der Waals surface area contributed by atoms with E-state index in [0.29, 0.717) is 13.0 Å². The smallest absolute Gasteiger partial charge is 0.223 e. The lowest BCUT2D eigenvalue weighted by Gasteiger charge is -2.28. The van der Waals surface area contributed by atoms with Crippen LogP contribution < -0.4 is 0 Å². The molecule has 0 unspecified atom stereocenters. The van der Waals surface area contributed by atoms with Crippen LogP contribution in [0.4, 0.5) is 4.39 Å². The number of amides is 1. The van der Waals surface area contributed by atoms with Crippen LogP contribution in [0.15, 0.2) is 48.7 Å². The number of hydrogen-bond acceptors (Lipinski definition) is 2. The predicted molar refractivity (Wildman–Crippen MR) is 89.4 cm³/mol. The number of hydrogen-bond donors (Lipinski definition) is 0. The minimum Gasteiger partial charge on any atom is -0.334 e. The molecule has 122 valence electrons. The highest BCUT2D eigenvalue weighted by atomic mass is 19.1. The lowest BCUT2D eigenvalue weighted by Crippen LogP contribution is -2.37. The molecule has 0 aliphatic rings. The third-order valence-corrected chi connectivity index (χ3v) is 3.92. The summed E-state index contributed by atoms with van der Waals surface area (Å²) in [7, 11) is 0. The van der Waals surface area contributed by atoms with E-state index in [0.717, 1.165) is 11.3 Å². The van der Waals surface area contributed by atoms with E-state index in [2.05, 4.69) is 4.98 Å². The van der Waals surface area contributed by atoms with Crippen molar-refractivity contribution in [3.8, 4) is 0 Å². The number of benzene rings is 1. The van der Waals surface area contributed by atoms with Gasteiger partial charge < -0.3 is 4.90 Å². The average Bonchev–Trinajstić information content (AvgIpc) is 2.53. The molecule has 0 radical (unpaired) electrons. The van der Waals surface area contributed by atoms with Gasteiger partial charge in [0.05, 0.1) is 12.2 Å². The van der Waals surface area contributed by atoms with Crippen LogP contribution >= 0.6 is 0 Å². The fraction of sp³-hybridized carbons (Fsp3) is 0.368. The zero-order valence-electron chi connectivity index (χ0n) is 13.9. The van der Waals surface area contributed by atoms with Crippen LogP contribution in [0.5, 0.6) is 0 Å². The summed E-state index contributed by atoms with van der Waals surface area (Å²) in [5, 5.41) is 0. The molecule has 4 heteroatoms. The van der Waals surface area contributed by atoms with Gasteiger partial charge in [-0.05, 0) is 49.6 Å². The maximum Gasteiger partial charge on any atom is 0.223 e. The molecule has 2 aromatic rings. The Hall–Kier alpha value is -2.23. The van der Waals surface area contributed by atoms with Crippen LogP contribution in [0.1, 0.15) is 44.4 Å². The number of carbonyl (C=O) groups is 1. The van der Waals surface area contributed by atoms with Crippen LogP contribution in [-0.2, 0) is 11.3 Å². The van der Waals surface area contributed by atoms with Crippen molar-refractivity contribution in [3.63, 3.8) is 0 Å². The number of carbonyl (C=O) groups excluding carboxylic acids is 1. The predicted octanol–water partition coefficient (Wildman–Crippen LogP) is 4.15. The van der Waals surface area contributed by atoms with Crippen molar-refractivity contribution in [1.29, 1.82) is 0 Å².